The van der Waals surface area contributed by atoms with Crippen LogP contribution in [0.2, 0.25) is 0 Å². The van der Waals surface area contributed by atoms with Gasteiger partial charge in [0.2, 0.25) is 0 Å². The van der Waals surface area contributed by atoms with Gasteiger partial charge in [0, 0.05) is 46.9 Å². The summed E-state index contributed by atoms with van der Waals surface area (Å²) < 4.78 is 5.07. The van der Waals surface area contributed by atoms with Gasteiger partial charge in [-0.1, -0.05) is 30.3 Å². The second-order valence-electron chi connectivity index (χ2n) is 5.66. The first kappa shape index (κ1) is 19.5. The number of methoxy groups -OCH3 is 1. The second kappa shape index (κ2) is 12.9. The average molecular weight is 320 g/mol. The molecule has 0 bridgehead atoms. The van der Waals surface area contributed by atoms with Crippen molar-refractivity contribution in [2.45, 2.75) is 19.3 Å². The highest BCUT2D eigenvalue weighted by Gasteiger charge is 2.00. The average Bonchev–Trinajstić information content (AvgIpc) is 2.58. The van der Waals surface area contributed by atoms with E-state index in [2.05, 4.69) is 57.9 Å². The summed E-state index contributed by atoms with van der Waals surface area (Å²) in [6.45, 7) is 4.69. The van der Waals surface area contributed by atoms with Crippen LogP contribution in [0.5, 0.6) is 0 Å². The smallest absolute Gasteiger partial charge is 0.191 e. The minimum Gasteiger partial charge on any atom is -0.385 e. The predicted octanol–water partition coefficient (Wildman–Crippen LogP) is 1.75. The van der Waals surface area contributed by atoms with Crippen LogP contribution in [0.25, 0.3) is 0 Å². The second-order valence-corrected chi connectivity index (χ2v) is 5.66. The molecule has 1 rings (SSSR count). The molecule has 0 atom stereocenters. The lowest BCUT2D eigenvalue weighted by molar-refractivity contribution is 0.180. The van der Waals surface area contributed by atoms with Crippen molar-refractivity contribution < 1.29 is 4.74 Å². The Bertz CT molecular complexity index is 422. The van der Waals surface area contributed by atoms with Crippen LogP contribution in [0.1, 0.15) is 18.4 Å². The topological polar surface area (TPSA) is 48.9 Å². The Morgan fingerprint density at radius 2 is 1.83 bits per heavy atom. The third kappa shape index (κ3) is 9.92. The largest absolute Gasteiger partial charge is 0.385 e. The highest BCUT2D eigenvalue weighted by molar-refractivity contribution is 5.79. The molecule has 0 unspecified atom stereocenters. The molecule has 1 aromatic carbocycles. The van der Waals surface area contributed by atoms with Crippen LogP contribution in [0, 0.1) is 0 Å². The molecule has 5 nitrogen and oxygen atoms in total. The van der Waals surface area contributed by atoms with Gasteiger partial charge in [-0.15, -0.1) is 0 Å². The minimum atomic E-state index is 0.822. The van der Waals surface area contributed by atoms with Gasteiger partial charge in [-0.2, -0.15) is 0 Å². The molecule has 0 heterocycles. The van der Waals surface area contributed by atoms with Crippen molar-refractivity contribution >= 4 is 5.96 Å². The Balaban J connectivity index is 2.08. The number of ether oxygens (including phenoxy) is 1. The fourth-order valence-electron chi connectivity index (χ4n) is 2.32. The molecule has 130 valence electrons. The lowest BCUT2D eigenvalue weighted by Crippen LogP contribution is -2.41. The van der Waals surface area contributed by atoms with E-state index in [4.69, 9.17) is 4.74 Å². The van der Waals surface area contributed by atoms with Gasteiger partial charge in [-0.3, -0.25) is 4.99 Å². The molecule has 0 aliphatic rings. The third-order valence-electron chi connectivity index (χ3n) is 3.68. The van der Waals surface area contributed by atoms with Crippen molar-refractivity contribution in [3.63, 3.8) is 0 Å². The zero-order valence-electron chi connectivity index (χ0n) is 14.8. The first-order chi connectivity index (χ1) is 11.3. The molecule has 0 spiro atoms. The van der Waals surface area contributed by atoms with Crippen molar-refractivity contribution in [1.29, 1.82) is 0 Å². The Morgan fingerprint density at radius 3 is 2.52 bits per heavy atom. The quantitative estimate of drug-likeness (QED) is 0.370. The van der Waals surface area contributed by atoms with E-state index in [-0.39, 0.29) is 0 Å². The highest BCUT2D eigenvalue weighted by atomic mass is 16.5. The molecule has 2 N–H and O–H groups in total. The van der Waals surface area contributed by atoms with E-state index in [9.17, 15) is 0 Å². The number of guanidine groups is 1. The van der Waals surface area contributed by atoms with Gasteiger partial charge in [0.25, 0.3) is 0 Å². The molecule has 23 heavy (non-hydrogen) atoms. The SMILES string of the molecule is CN=C(NCCCc1ccccc1)NCCN(C)CCCOC. The molecule has 0 aliphatic heterocycles. The number of nitrogens with zero attached hydrogens (tertiary/aromatic N) is 2. The Labute approximate surface area is 141 Å². The summed E-state index contributed by atoms with van der Waals surface area (Å²) in [6, 6.07) is 10.6. The lowest BCUT2D eigenvalue weighted by atomic mass is 10.1. The van der Waals surface area contributed by atoms with E-state index in [1.165, 1.54) is 5.56 Å². The molecule has 0 amide bonds. The van der Waals surface area contributed by atoms with E-state index in [1.54, 1.807) is 7.11 Å². The first-order valence-electron chi connectivity index (χ1n) is 8.42. The molecule has 0 fully saturated rings. The van der Waals surface area contributed by atoms with Gasteiger partial charge in [-0.05, 0) is 31.9 Å². The third-order valence-corrected chi connectivity index (χ3v) is 3.68. The maximum absolute atomic E-state index is 5.07. The number of nitrogens with one attached hydrogen (secondary N) is 2. The molecule has 0 aromatic heterocycles. The summed E-state index contributed by atoms with van der Waals surface area (Å²) >= 11 is 0. The van der Waals surface area contributed by atoms with Gasteiger partial charge in [0.05, 0.1) is 0 Å². The van der Waals surface area contributed by atoms with E-state index >= 15 is 0 Å². The zero-order chi connectivity index (χ0) is 16.8. The van der Waals surface area contributed by atoms with Gasteiger partial charge in [-0.25, -0.2) is 0 Å². The first-order valence-corrected chi connectivity index (χ1v) is 8.42. The number of rotatable bonds is 11. The van der Waals surface area contributed by atoms with Crippen molar-refractivity contribution in [3.05, 3.63) is 35.9 Å². The molecule has 0 saturated carbocycles. The number of aliphatic imine (C=N–C) groups is 1. The molecule has 1 aromatic rings. The van der Waals surface area contributed by atoms with Crippen molar-refractivity contribution in [3.8, 4) is 0 Å². The van der Waals surface area contributed by atoms with E-state index in [0.717, 1.165) is 58.0 Å². The standard InChI is InChI=1S/C18H32N4O/c1-19-18(21-13-15-22(2)14-8-16-23-3)20-12-7-11-17-9-5-4-6-10-17/h4-6,9-10H,7-8,11-16H2,1-3H3,(H2,19,20,21). The van der Waals surface area contributed by atoms with Crippen molar-refractivity contribution in [1.82, 2.24) is 15.5 Å². The van der Waals surface area contributed by atoms with Gasteiger partial charge in [0.1, 0.15) is 0 Å². The molecular formula is C18H32N4O. The highest BCUT2D eigenvalue weighted by Crippen LogP contribution is 2.01. The molecule has 5 heteroatoms. The predicted molar refractivity (Wildman–Crippen MR) is 98.1 cm³/mol. The molecule has 0 saturated heterocycles. The van der Waals surface area contributed by atoms with Crippen LogP contribution in [0.4, 0.5) is 0 Å². The summed E-state index contributed by atoms with van der Waals surface area (Å²) in [7, 11) is 5.69. The minimum absolute atomic E-state index is 0.822. The normalized spacial score (nSPS) is 11.7. The maximum atomic E-state index is 5.07. The number of likely N-dealkylation sites (N-methyl/N-ethyl adjacent to an activating group) is 1. The van der Waals surface area contributed by atoms with Crippen LogP contribution < -0.4 is 10.6 Å². The van der Waals surface area contributed by atoms with Crippen LogP contribution in [-0.2, 0) is 11.2 Å². The van der Waals surface area contributed by atoms with E-state index < -0.39 is 0 Å². The lowest BCUT2D eigenvalue weighted by Gasteiger charge is -2.18. The number of aryl methyl sites for hydroxylation is 1. The number of benzene rings is 1. The van der Waals surface area contributed by atoms with Crippen LogP contribution >= 0.6 is 0 Å². The summed E-state index contributed by atoms with van der Waals surface area (Å²) in [4.78, 5) is 6.56. The fourth-order valence-corrected chi connectivity index (χ4v) is 2.32. The molecular weight excluding hydrogens is 288 g/mol. The summed E-state index contributed by atoms with van der Waals surface area (Å²) in [5.74, 6) is 0.878. The van der Waals surface area contributed by atoms with Gasteiger partial charge < -0.3 is 20.3 Å². The molecule has 0 aliphatic carbocycles. The van der Waals surface area contributed by atoms with Crippen LogP contribution in [-0.4, -0.2) is 64.9 Å². The zero-order valence-corrected chi connectivity index (χ0v) is 14.8. The van der Waals surface area contributed by atoms with Crippen LogP contribution in [0.15, 0.2) is 35.3 Å². The fraction of sp³-hybridized carbons (Fsp3) is 0.611. The summed E-state index contributed by atoms with van der Waals surface area (Å²) in [6.07, 6.45) is 3.26. The summed E-state index contributed by atoms with van der Waals surface area (Å²) in [5, 5.41) is 6.72. The van der Waals surface area contributed by atoms with Gasteiger partial charge in [0.15, 0.2) is 5.96 Å². The maximum Gasteiger partial charge on any atom is 0.191 e. The van der Waals surface area contributed by atoms with Crippen molar-refractivity contribution in [2.75, 3.05) is 54.0 Å². The number of hydrogen-bond acceptors (Lipinski definition) is 3. The Morgan fingerprint density at radius 1 is 1.09 bits per heavy atom. The van der Waals surface area contributed by atoms with Gasteiger partial charge >= 0.3 is 0 Å². The summed E-state index contributed by atoms with van der Waals surface area (Å²) in [5.41, 5.74) is 1.38. The van der Waals surface area contributed by atoms with Crippen molar-refractivity contribution in [2.24, 2.45) is 4.99 Å². The monoisotopic (exact) mass is 320 g/mol. The Kier molecular flexibility index (Phi) is 10.9. The van der Waals surface area contributed by atoms with E-state index in [0.29, 0.717) is 0 Å². The Hall–Kier alpha value is -1.59. The molecule has 0 radical (unpaired) electrons. The van der Waals surface area contributed by atoms with Crippen LogP contribution in [0.3, 0.4) is 0 Å². The number of hydrogen-bond donors (Lipinski definition) is 2. The van der Waals surface area contributed by atoms with E-state index in [1.807, 2.05) is 7.05 Å².